The Morgan fingerprint density at radius 3 is 0.960 bits per heavy atom. The third-order valence-electron chi connectivity index (χ3n) is 6.25. The summed E-state index contributed by atoms with van der Waals surface area (Å²) in [5, 5.41) is 0. The lowest BCUT2D eigenvalue weighted by atomic mass is 9.87. The van der Waals surface area contributed by atoms with Crippen molar-refractivity contribution < 1.29 is 0 Å². The Balaban J connectivity index is 3.20. The Morgan fingerprint density at radius 1 is 0.360 bits per heavy atom. The molecule has 0 bridgehead atoms. The molecule has 2 unspecified atom stereocenters. The van der Waals surface area contributed by atoms with Crippen LogP contribution in [-0.4, -0.2) is 0 Å². The fourth-order valence-corrected chi connectivity index (χ4v) is 3.95. The number of hydrogen-bond donors (Lipinski definition) is 0. The maximum atomic E-state index is 2.48. The van der Waals surface area contributed by atoms with Gasteiger partial charge in [-0.25, -0.2) is 0 Å². The van der Waals surface area contributed by atoms with E-state index in [2.05, 4.69) is 27.7 Å². The van der Waals surface area contributed by atoms with E-state index >= 15 is 0 Å². The van der Waals surface area contributed by atoms with Crippen LogP contribution >= 0.6 is 0 Å². The highest BCUT2D eigenvalue weighted by atomic mass is 14.2. The largest absolute Gasteiger partial charge is 0.0654 e. The first-order valence-corrected chi connectivity index (χ1v) is 12.2. The van der Waals surface area contributed by atoms with Gasteiger partial charge in [0.2, 0.25) is 0 Å². The van der Waals surface area contributed by atoms with Gasteiger partial charge in [0.15, 0.2) is 0 Å². The number of hydrogen-bond acceptors (Lipinski definition) is 0. The molecule has 0 N–H and O–H groups in total. The van der Waals surface area contributed by atoms with Crippen molar-refractivity contribution >= 4 is 0 Å². The predicted octanol–water partition coefficient (Wildman–Crippen LogP) is 9.71. The second-order valence-electron chi connectivity index (χ2n) is 8.84. The van der Waals surface area contributed by atoms with Crippen LogP contribution in [0, 0.1) is 11.8 Å². The predicted molar refractivity (Wildman–Crippen MR) is 117 cm³/mol. The van der Waals surface area contributed by atoms with Gasteiger partial charge in [0.25, 0.3) is 0 Å². The van der Waals surface area contributed by atoms with Crippen LogP contribution in [-0.2, 0) is 0 Å². The summed E-state index contributed by atoms with van der Waals surface area (Å²) in [6.07, 6.45) is 27.7. The minimum atomic E-state index is 0.938. The molecular formula is C25H52. The van der Waals surface area contributed by atoms with Crippen LogP contribution in [0.25, 0.3) is 0 Å². The molecule has 152 valence electrons. The summed E-state index contributed by atoms with van der Waals surface area (Å²) in [5.41, 5.74) is 0. The van der Waals surface area contributed by atoms with Crippen molar-refractivity contribution in [2.24, 2.45) is 11.8 Å². The topological polar surface area (TPSA) is 0 Å². The van der Waals surface area contributed by atoms with Crippen molar-refractivity contribution in [2.75, 3.05) is 0 Å². The lowest BCUT2D eigenvalue weighted by Gasteiger charge is -2.19. The zero-order chi connectivity index (χ0) is 18.6. The Hall–Kier alpha value is 0. The molecule has 0 heteroatoms. The van der Waals surface area contributed by atoms with Crippen LogP contribution in [0.3, 0.4) is 0 Å². The summed E-state index contributed by atoms with van der Waals surface area (Å²) in [5.74, 6) is 1.88. The molecule has 25 heavy (non-hydrogen) atoms. The Bertz CT molecular complexity index is 232. The van der Waals surface area contributed by atoms with Gasteiger partial charge in [-0.05, 0) is 11.8 Å². The summed E-state index contributed by atoms with van der Waals surface area (Å²) in [7, 11) is 0. The van der Waals surface area contributed by atoms with Gasteiger partial charge in [0.05, 0.1) is 0 Å². The van der Waals surface area contributed by atoms with Gasteiger partial charge in [0, 0.05) is 0 Å². The van der Waals surface area contributed by atoms with Gasteiger partial charge in [-0.2, -0.15) is 0 Å². The molecule has 0 nitrogen and oxygen atoms in total. The van der Waals surface area contributed by atoms with Crippen LogP contribution in [0.4, 0.5) is 0 Å². The highest BCUT2D eigenvalue weighted by molar-refractivity contribution is 4.63. The van der Waals surface area contributed by atoms with Gasteiger partial charge >= 0.3 is 0 Å². The molecule has 0 saturated heterocycles. The van der Waals surface area contributed by atoms with Gasteiger partial charge in [-0.1, -0.05) is 150 Å². The first-order chi connectivity index (χ1) is 12.2. The van der Waals surface area contributed by atoms with E-state index in [1.807, 2.05) is 0 Å². The summed E-state index contributed by atoms with van der Waals surface area (Å²) in [6.45, 7) is 9.57. The first kappa shape index (κ1) is 25.0. The van der Waals surface area contributed by atoms with E-state index in [1.165, 1.54) is 122 Å². The SMILES string of the molecule is CCCCCCCCCCCCCCCCC(C)C(C)CCCCC. The van der Waals surface area contributed by atoms with E-state index in [4.69, 9.17) is 0 Å². The van der Waals surface area contributed by atoms with Crippen LogP contribution < -0.4 is 0 Å². The number of rotatable bonds is 20. The third kappa shape index (κ3) is 18.6. The zero-order valence-corrected chi connectivity index (χ0v) is 18.6. The van der Waals surface area contributed by atoms with E-state index in [9.17, 15) is 0 Å². The van der Waals surface area contributed by atoms with Gasteiger partial charge < -0.3 is 0 Å². The molecule has 0 heterocycles. The highest BCUT2D eigenvalue weighted by Crippen LogP contribution is 2.24. The summed E-state index contributed by atoms with van der Waals surface area (Å²) in [4.78, 5) is 0. The molecule has 0 aliphatic heterocycles. The summed E-state index contributed by atoms with van der Waals surface area (Å²) in [6, 6.07) is 0. The Morgan fingerprint density at radius 2 is 0.600 bits per heavy atom. The monoisotopic (exact) mass is 352 g/mol. The molecule has 0 aromatic rings. The lowest BCUT2D eigenvalue weighted by Crippen LogP contribution is -2.08. The van der Waals surface area contributed by atoms with Crippen molar-refractivity contribution in [3.8, 4) is 0 Å². The molecule has 0 aromatic carbocycles. The van der Waals surface area contributed by atoms with Gasteiger partial charge in [-0.3, -0.25) is 0 Å². The van der Waals surface area contributed by atoms with Crippen molar-refractivity contribution in [2.45, 2.75) is 150 Å². The van der Waals surface area contributed by atoms with Crippen molar-refractivity contribution in [1.29, 1.82) is 0 Å². The zero-order valence-electron chi connectivity index (χ0n) is 18.6. The van der Waals surface area contributed by atoms with E-state index in [-0.39, 0.29) is 0 Å². The molecule has 0 amide bonds. The Labute approximate surface area is 161 Å². The molecule has 0 rings (SSSR count). The quantitative estimate of drug-likeness (QED) is 0.191. The van der Waals surface area contributed by atoms with Crippen molar-refractivity contribution in [3.05, 3.63) is 0 Å². The van der Waals surface area contributed by atoms with Crippen LogP contribution in [0.1, 0.15) is 150 Å². The Kier molecular flexibility index (Phi) is 20.3. The second kappa shape index (κ2) is 20.3. The molecule has 0 spiro atoms. The fraction of sp³-hybridized carbons (Fsp3) is 1.00. The molecular weight excluding hydrogens is 300 g/mol. The van der Waals surface area contributed by atoms with Gasteiger partial charge in [-0.15, -0.1) is 0 Å². The van der Waals surface area contributed by atoms with Crippen LogP contribution in [0.2, 0.25) is 0 Å². The fourth-order valence-electron chi connectivity index (χ4n) is 3.95. The molecule has 0 aromatic heterocycles. The van der Waals surface area contributed by atoms with Crippen LogP contribution in [0.15, 0.2) is 0 Å². The minimum absolute atomic E-state index is 0.938. The number of unbranched alkanes of at least 4 members (excludes halogenated alkanes) is 15. The smallest absolute Gasteiger partial charge is 0.0417 e. The van der Waals surface area contributed by atoms with E-state index in [1.54, 1.807) is 0 Å². The first-order valence-electron chi connectivity index (χ1n) is 12.2. The normalized spacial score (nSPS) is 13.9. The maximum absolute atomic E-state index is 2.48. The molecule has 0 fully saturated rings. The average Bonchev–Trinajstić information content (AvgIpc) is 2.61. The average molecular weight is 353 g/mol. The summed E-state index contributed by atoms with van der Waals surface area (Å²) < 4.78 is 0. The third-order valence-corrected chi connectivity index (χ3v) is 6.25. The molecule has 0 saturated carbocycles. The van der Waals surface area contributed by atoms with E-state index in [0.29, 0.717) is 0 Å². The van der Waals surface area contributed by atoms with Crippen molar-refractivity contribution in [1.82, 2.24) is 0 Å². The lowest BCUT2D eigenvalue weighted by molar-refractivity contribution is 0.323. The minimum Gasteiger partial charge on any atom is -0.0654 e. The second-order valence-corrected chi connectivity index (χ2v) is 8.84. The standard InChI is InChI=1S/C25H52/c1-5-7-9-10-11-12-13-14-15-16-17-18-19-21-23-25(4)24(3)22-20-8-6-2/h24-25H,5-23H2,1-4H3. The molecule has 2 atom stereocenters. The molecule has 0 aliphatic carbocycles. The van der Waals surface area contributed by atoms with E-state index < -0.39 is 0 Å². The van der Waals surface area contributed by atoms with Crippen LogP contribution in [0.5, 0.6) is 0 Å². The molecule has 0 aliphatic rings. The summed E-state index contributed by atoms with van der Waals surface area (Å²) >= 11 is 0. The van der Waals surface area contributed by atoms with E-state index in [0.717, 1.165) is 11.8 Å². The van der Waals surface area contributed by atoms with Gasteiger partial charge in [0.1, 0.15) is 0 Å². The highest BCUT2D eigenvalue weighted by Gasteiger charge is 2.11. The molecule has 0 radical (unpaired) electrons. The van der Waals surface area contributed by atoms with Crippen molar-refractivity contribution in [3.63, 3.8) is 0 Å². The maximum Gasteiger partial charge on any atom is -0.0417 e.